The summed E-state index contributed by atoms with van der Waals surface area (Å²) in [5, 5.41) is 13.9. The van der Waals surface area contributed by atoms with Gasteiger partial charge in [0.1, 0.15) is 11.8 Å². The van der Waals surface area contributed by atoms with Crippen molar-refractivity contribution in [2.75, 3.05) is 13.1 Å². The monoisotopic (exact) mass is 515 g/mol. The maximum Gasteiger partial charge on any atom is 0.255 e. The lowest BCUT2D eigenvalue weighted by molar-refractivity contribution is -0.136. The zero-order chi connectivity index (χ0) is 26.1. The maximum absolute atomic E-state index is 12.6. The van der Waals surface area contributed by atoms with Crippen LogP contribution in [0.15, 0.2) is 42.6 Å². The van der Waals surface area contributed by atoms with Crippen molar-refractivity contribution in [3.8, 4) is 5.75 Å². The van der Waals surface area contributed by atoms with Gasteiger partial charge in [-0.2, -0.15) is 5.10 Å². The molecule has 1 saturated carbocycles. The highest BCUT2D eigenvalue weighted by molar-refractivity contribution is 6.05. The van der Waals surface area contributed by atoms with Gasteiger partial charge >= 0.3 is 0 Å². The first kappa shape index (κ1) is 24.6. The summed E-state index contributed by atoms with van der Waals surface area (Å²) < 4.78 is 6.08. The van der Waals surface area contributed by atoms with Crippen molar-refractivity contribution in [2.24, 2.45) is 0 Å². The Kier molecular flexibility index (Phi) is 6.84. The molecule has 1 unspecified atom stereocenters. The Hall–Kier alpha value is -3.72. The molecule has 9 nitrogen and oxygen atoms in total. The molecule has 0 spiro atoms. The number of imide groups is 1. The molecule has 3 amide bonds. The van der Waals surface area contributed by atoms with Crippen LogP contribution in [0.3, 0.4) is 0 Å². The van der Waals surface area contributed by atoms with Crippen LogP contribution in [0, 0.1) is 0 Å². The van der Waals surface area contributed by atoms with E-state index in [0.29, 0.717) is 24.4 Å². The predicted molar refractivity (Wildman–Crippen MR) is 142 cm³/mol. The highest BCUT2D eigenvalue weighted by atomic mass is 16.5. The second kappa shape index (κ2) is 10.6. The lowest BCUT2D eigenvalue weighted by Gasteiger charge is -2.29. The summed E-state index contributed by atoms with van der Waals surface area (Å²) in [6, 6.07) is 11.4. The molecular formula is C29H33N5O4. The van der Waals surface area contributed by atoms with E-state index in [-0.39, 0.29) is 30.2 Å². The molecule has 0 radical (unpaired) electrons. The lowest BCUT2D eigenvalue weighted by atomic mass is 9.91. The summed E-state index contributed by atoms with van der Waals surface area (Å²) in [6.07, 6.45) is 8.69. The Labute approximate surface area is 221 Å². The summed E-state index contributed by atoms with van der Waals surface area (Å²) in [5.41, 5.74) is 4.08. The highest BCUT2D eigenvalue weighted by Gasteiger charge is 2.39. The van der Waals surface area contributed by atoms with Crippen molar-refractivity contribution in [1.29, 1.82) is 0 Å². The van der Waals surface area contributed by atoms with Crippen molar-refractivity contribution >= 4 is 28.6 Å². The minimum Gasteiger partial charge on any atom is -0.490 e. The number of ether oxygens (including phenoxy) is 1. The first-order valence-electron chi connectivity index (χ1n) is 13.6. The van der Waals surface area contributed by atoms with Gasteiger partial charge in [-0.25, -0.2) is 0 Å². The molecule has 3 N–H and O–H groups in total. The number of carbonyl (C=O) groups is 3. The zero-order valence-corrected chi connectivity index (χ0v) is 21.4. The minimum absolute atomic E-state index is 0.145. The molecule has 0 bridgehead atoms. The topological polar surface area (TPSA) is 116 Å². The lowest BCUT2D eigenvalue weighted by Crippen LogP contribution is -2.52. The number of nitrogens with zero attached hydrogens (tertiary/aromatic N) is 2. The van der Waals surface area contributed by atoms with E-state index in [1.54, 1.807) is 11.0 Å². The molecule has 3 aliphatic heterocycles. The maximum atomic E-state index is 12.6. The third kappa shape index (κ3) is 4.90. The van der Waals surface area contributed by atoms with Crippen molar-refractivity contribution < 1.29 is 19.1 Å². The standard InChI is InChI=1S/C19H22N2O4.C10H11N3/c22-17-9-8-16(18(23)20-17)21-11-12-10-14(6-7-15(12)19(21)24)25-13-4-2-1-3-5-13;1-2-8(7-4-11-5-7)9-6-12-13-10(9)3-1/h6-7,10,13,16H,1-5,8-9,11H2,(H,20,22,23);1-3,6-7,11H,4-5H2,(H,12,13). The number of aromatic amines is 1. The van der Waals surface area contributed by atoms with Gasteiger partial charge in [0.05, 0.1) is 17.8 Å². The molecule has 7 rings (SSSR count). The van der Waals surface area contributed by atoms with Gasteiger partial charge < -0.3 is 15.0 Å². The van der Waals surface area contributed by atoms with Gasteiger partial charge in [-0.05, 0) is 67.5 Å². The van der Waals surface area contributed by atoms with Crippen LogP contribution in [-0.4, -0.2) is 58.1 Å². The number of nitrogens with one attached hydrogen (secondary N) is 3. The minimum atomic E-state index is -0.569. The normalized spacial score (nSPS) is 21.9. The van der Waals surface area contributed by atoms with Gasteiger partial charge in [0.2, 0.25) is 11.8 Å². The number of H-pyrrole nitrogens is 1. The van der Waals surface area contributed by atoms with Crippen LogP contribution in [0.1, 0.15) is 72.3 Å². The average Bonchev–Trinajstić information content (AvgIpc) is 3.49. The largest absolute Gasteiger partial charge is 0.490 e. The molecule has 3 fully saturated rings. The zero-order valence-electron chi connectivity index (χ0n) is 21.4. The highest BCUT2D eigenvalue weighted by Crippen LogP contribution is 2.32. The van der Waals surface area contributed by atoms with Crippen LogP contribution in [0.2, 0.25) is 0 Å². The first-order chi connectivity index (χ1) is 18.6. The molecule has 1 atom stereocenters. The number of hydrogen-bond acceptors (Lipinski definition) is 6. The molecule has 38 heavy (non-hydrogen) atoms. The number of aromatic nitrogens is 2. The van der Waals surface area contributed by atoms with Crippen LogP contribution in [0.25, 0.3) is 10.9 Å². The fourth-order valence-corrected chi connectivity index (χ4v) is 5.86. The molecule has 1 aromatic heterocycles. The van der Waals surface area contributed by atoms with E-state index in [9.17, 15) is 14.4 Å². The third-order valence-electron chi connectivity index (χ3n) is 8.09. The van der Waals surface area contributed by atoms with Crippen molar-refractivity contribution in [1.82, 2.24) is 25.7 Å². The molecule has 2 aromatic carbocycles. The predicted octanol–water partition coefficient (Wildman–Crippen LogP) is 3.41. The molecule has 4 heterocycles. The molecule has 3 aromatic rings. The number of rotatable bonds is 4. The van der Waals surface area contributed by atoms with Crippen LogP contribution >= 0.6 is 0 Å². The fraction of sp³-hybridized carbons (Fsp3) is 0.448. The third-order valence-corrected chi connectivity index (χ3v) is 8.09. The fourth-order valence-electron chi connectivity index (χ4n) is 5.86. The van der Waals surface area contributed by atoms with E-state index in [4.69, 9.17) is 4.74 Å². The quantitative estimate of drug-likeness (QED) is 0.459. The first-order valence-corrected chi connectivity index (χ1v) is 13.6. The molecule has 2 saturated heterocycles. The number of benzene rings is 2. The van der Waals surface area contributed by atoms with E-state index >= 15 is 0 Å². The molecular weight excluding hydrogens is 482 g/mol. The Morgan fingerprint density at radius 1 is 0.974 bits per heavy atom. The smallest absolute Gasteiger partial charge is 0.255 e. The van der Waals surface area contributed by atoms with Crippen LogP contribution in [0.5, 0.6) is 5.75 Å². The van der Waals surface area contributed by atoms with Gasteiger partial charge in [0.15, 0.2) is 0 Å². The summed E-state index contributed by atoms with van der Waals surface area (Å²) in [6.45, 7) is 2.59. The molecule has 1 aliphatic carbocycles. The average molecular weight is 516 g/mol. The van der Waals surface area contributed by atoms with Gasteiger partial charge in [0.25, 0.3) is 5.91 Å². The summed E-state index contributed by atoms with van der Waals surface area (Å²) in [7, 11) is 0. The van der Waals surface area contributed by atoms with Crippen LogP contribution < -0.4 is 15.4 Å². The van der Waals surface area contributed by atoms with Crippen LogP contribution in [0.4, 0.5) is 0 Å². The van der Waals surface area contributed by atoms with E-state index in [2.05, 4.69) is 39.0 Å². The van der Waals surface area contributed by atoms with Gasteiger partial charge in [0, 0.05) is 42.9 Å². The Bertz CT molecular complexity index is 1360. The second-order valence-electron chi connectivity index (χ2n) is 10.6. The number of fused-ring (bicyclic) bond motifs is 2. The molecule has 198 valence electrons. The second-order valence-corrected chi connectivity index (χ2v) is 10.6. The van der Waals surface area contributed by atoms with E-state index < -0.39 is 6.04 Å². The van der Waals surface area contributed by atoms with E-state index in [0.717, 1.165) is 42.8 Å². The Morgan fingerprint density at radius 3 is 2.58 bits per heavy atom. The summed E-state index contributed by atoms with van der Waals surface area (Å²) in [4.78, 5) is 37.6. The van der Waals surface area contributed by atoms with Crippen molar-refractivity contribution in [3.63, 3.8) is 0 Å². The Morgan fingerprint density at radius 2 is 1.82 bits per heavy atom. The molecule has 9 heteroatoms. The summed E-state index contributed by atoms with van der Waals surface area (Å²) in [5.74, 6) is 0.684. The number of amides is 3. The van der Waals surface area contributed by atoms with Crippen molar-refractivity contribution in [2.45, 2.75) is 69.6 Å². The number of hydrogen-bond donors (Lipinski definition) is 3. The van der Waals surface area contributed by atoms with Gasteiger partial charge in [-0.3, -0.25) is 24.8 Å². The SMILES string of the molecule is O=C1CCC(N2Cc3cc(OC4CCCCC4)ccc3C2=O)C(=O)N1.c1cc(C2CNC2)c2cn[nH]c2c1. The number of piperidine rings is 1. The van der Waals surface area contributed by atoms with Gasteiger partial charge in [-0.1, -0.05) is 18.6 Å². The Balaban J connectivity index is 0.000000169. The number of carbonyl (C=O) groups excluding carboxylic acids is 3. The molecule has 4 aliphatic rings. The van der Waals surface area contributed by atoms with Gasteiger partial charge in [-0.15, -0.1) is 0 Å². The van der Waals surface area contributed by atoms with Crippen molar-refractivity contribution in [3.05, 3.63) is 59.3 Å². The summed E-state index contributed by atoms with van der Waals surface area (Å²) >= 11 is 0. The van der Waals surface area contributed by atoms with E-state index in [1.807, 2.05) is 18.3 Å². The van der Waals surface area contributed by atoms with E-state index in [1.165, 1.54) is 30.2 Å². The van der Waals surface area contributed by atoms with Crippen LogP contribution in [-0.2, 0) is 16.1 Å².